The van der Waals surface area contributed by atoms with Gasteiger partial charge >= 0.3 is 0 Å². The molecule has 0 aliphatic carbocycles. The number of anilines is 3. The van der Waals surface area contributed by atoms with Crippen LogP contribution in [-0.4, -0.2) is 24.3 Å². The quantitative estimate of drug-likeness (QED) is 0.657. The van der Waals surface area contributed by atoms with Crippen LogP contribution in [0.3, 0.4) is 0 Å². The lowest BCUT2D eigenvalue weighted by Gasteiger charge is -2.16. The van der Waals surface area contributed by atoms with Gasteiger partial charge in [-0.05, 0) is 54.6 Å². The lowest BCUT2D eigenvalue weighted by Crippen LogP contribution is -2.28. The first-order valence-electron chi connectivity index (χ1n) is 9.83. The summed E-state index contributed by atoms with van der Waals surface area (Å²) in [5.74, 6) is -1.61. The van der Waals surface area contributed by atoms with Gasteiger partial charge in [0.1, 0.15) is 5.82 Å². The molecule has 7 heteroatoms. The van der Waals surface area contributed by atoms with Gasteiger partial charge in [0, 0.05) is 35.6 Å². The second-order valence-electron chi connectivity index (χ2n) is 7.27. The average Bonchev–Trinajstić information content (AvgIpc) is 3.17. The smallest absolute Gasteiger partial charge is 0.255 e. The molecule has 1 unspecified atom stereocenters. The summed E-state index contributed by atoms with van der Waals surface area (Å²) in [7, 11) is 0. The molecule has 156 valence electrons. The van der Waals surface area contributed by atoms with Crippen molar-refractivity contribution in [1.82, 2.24) is 0 Å². The summed E-state index contributed by atoms with van der Waals surface area (Å²) >= 11 is 0. The zero-order chi connectivity index (χ0) is 21.8. The maximum absolute atomic E-state index is 13.3. The Morgan fingerprint density at radius 1 is 0.871 bits per heavy atom. The molecule has 1 saturated heterocycles. The van der Waals surface area contributed by atoms with E-state index in [1.165, 1.54) is 18.2 Å². The molecule has 0 saturated carbocycles. The number of nitrogens with zero attached hydrogens (tertiary/aromatic N) is 1. The van der Waals surface area contributed by atoms with E-state index in [1.807, 2.05) is 30.3 Å². The van der Waals surface area contributed by atoms with Crippen LogP contribution >= 0.6 is 0 Å². The SMILES string of the molecule is O=C(Nc1cccc(F)c1)c1ccc(NC(=O)C2CC(=O)N(c3ccccc3)C2)cc1. The summed E-state index contributed by atoms with van der Waals surface area (Å²) in [6.45, 7) is 0.322. The van der Waals surface area contributed by atoms with Crippen molar-refractivity contribution in [2.45, 2.75) is 6.42 Å². The number of hydrogen-bond donors (Lipinski definition) is 2. The van der Waals surface area contributed by atoms with E-state index in [1.54, 1.807) is 35.2 Å². The van der Waals surface area contributed by atoms with Crippen LogP contribution in [0.4, 0.5) is 21.5 Å². The van der Waals surface area contributed by atoms with Crippen molar-refractivity contribution in [3.63, 3.8) is 0 Å². The highest BCUT2D eigenvalue weighted by molar-refractivity contribution is 6.05. The largest absolute Gasteiger partial charge is 0.326 e. The summed E-state index contributed by atoms with van der Waals surface area (Å²) in [6, 6.07) is 21.2. The van der Waals surface area contributed by atoms with E-state index in [-0.39, 0.29) is 24.1 Å². The molecule has 1 aliphatic rings. The summed E-state index contributed by atoms with van der Waals surface area (Å²) in [5, 5.41) is 5.42. The molecule has 0 spiro atoms. The van der Waals surface area contributed by atoms with Crippen LogP contribution in [0, 0.1) is 11.7 Å². The molecule has 1 heterocycles. The van der Waals surface area contributed by atoms with Crippen LogP contribution < -0.4 is 15.5 Å². The van der Waals surface area contributed by atoms with Crippen molar-refractivity contribution in [2.24, 2.45) is 5.92 Å². The van der Waals surface area contributed by atoms with Crippen LogP contribution in [0.15, 0.2) is 78.9 Å². The number of nitrogens with one attached hydrogen (secondary N) is 2. The lowest BCUT2D eigenvalue weighted by atomic mass is 10.1. The monoisotopic (exact) mass is 417 g/mol. The molecular formula is C24H20FN3O3. The van der Waals surface area contributed by atoms with Crippen LogP contribution in [0.25, 0.3) is 0 Å². The van der Waals surface area contributed by atoms with Gasteiger partial charge in [0.05, 0.1) is 5.92 Å². The Bertz CT molecular complexity index is 1120. The third-order valence-corrected chi connectivity index (χ3v) is 5.06. The number of amides is 3. The minimum atomic E-state index is -0.455. The fraction of sp³-hybridized carbons (Fsp3) is 0.125. The molecule has 6 nitrogen and oxygen atoms in total. The van der Waals surface area contributed by atoms with Crippen molar-refractivity contribution in [3.05, 3.63) is 90.2 Å². The van der Waals surface area contributed by atoms with Gasteiger partial charge in [-0.1, -0.05) is 24.3 Å². The van der Waals surface area contributed by atoms with Gasteiger partial charge in [-0.2, -0.15) is 0 Å². The molecule has 1 atom stereocenters. The number of carbonyl (C=O) groups is 3. The predicted molar refractivity (Wildman–Crippen MR) is 116 cm³/mol. The van der Waals surface area contributed by atoms with E-state index < -0.39 is 11.7 Å². The van der Waals surface area contributed by atoms with Gasteiger partial charge in [-0.25, -0.2) is 4.39 Å². The highest BCUT2D eigenvalue weighted by Crippen LogP contribution is 2.26. The Balaban J connectivity index is 1.36. The van der Waals surface area contributed by atoms with E-state index in [0.29, 0.717) is 23.5 Å². The molecule has 3 aromatic rings. The van der Waals surface area contributed by atoms with Crippen molar-refractivity contribution in [1.29, 1.82) is 0 Å². The first kappa shape index (κ1) is 20.3. The van der Waals surface area contributed by atoms with Crippen LogP contribution in [0.5, 0.6) is 0 Å². The number of benzene rings is 3. The standard InChI is InChI=1S/C24H20FN3O3/c25-18-5-4-6-20(14-18)27-23(30)16-9-11-19(12-10-16)26-24(31)17-13-22(29)28(15-17)21-7-2-1-3-8-21/h1-12,14,17H,13,15H2,(H,26,31)(H,27,30). The van der Waals surface area contributed by atoms with E-state index in [0.717, 1.165) is 5.69 Å². The second-order valence-corrected chi connectivity index (χ2v) is 7.27. The van der Waals surface area contributed by atoms with Gasteiger partial charge < -0.3 is 15.5 Å². The van der Waals surface area contributed by atoms with Crippen LogP contribution in [0.2, 0.25) is 0 Å². The minimum absolute atomic E-state index is 0.0873. The Kier molecular flexibility index (Phi) is 5.75. The van der Waals surface area contributed by atoms with E-state index in [4.69, 9.17) is 0 Å². The molecule has 3 aromatic carbocycles. The van der Waals surface area contributed by atoms with Gasteiger partial charge in [0.15, 0.2) is 0 Å². The maximum atomic E-state index is 13.3. The molecule has 4 rings (SSSR count). The zero-order valence-electron chi connectivity index (χ0n) is 16.5. The van der Waals surface area contributed by atoms with Crippen LogP contribution in [0.1, 0.15) is 16.8 Å². The molecule has 0 aromatic heterocycles. The molecule has 0 bridgehead atoms. The molecule has 1 fully saturated rings. The highest BCUT2D eigenvalue weighted by Gasteiger charge is 2.35. The molecule has 31 heavy (non-hydrogen) atoms. The molecule has 2 N–H and O–H groups in total. The van der Waals surface area contributed by atoms with Crippen molar-refractivity contribution < 1.29 is 18.8 Å². The van der Waals surface area contributed by atoms with E-state index in [2.05, 4.69) is 10.6 Å². The molecular weight excluding hydrogens is 397 g/mol. The van der Waals surface area contributed by atoms with Gasteiger partial charge in [-0.15, -0.1) is 0 Å². The fourth-order valence-corrected chi connectivity index (χ4v) is 3.46. The topological polar surface area (TPSA) is 78.5 Å². The Labute approximate surface area is 178 Å². The maximum Gasteiger partial charge on any atom is 0.255 e. The van der Waals surface area contributed by atoms with Gasteiger partial charge in [0.2, 0.25) is 11.8 Å². The number of carbonyl (C=O) groups excluding carboxylic acids is 3. The summed E-state index contributed by atoms with van der Waals surface area (Å²) < 4.78 is 13.3. The third-order valence-electron chi connectivity index (χ3n) is 5.06. The Hall–Kier alpha value is -4.00. The number of hydrogen-bond acceptors (Lipinski definition) is 3. The van der Waals surface area contributed by atoms with Crippen molar-refractivity contribution >= 4 is 34.8 Å². The highest BCUT2D eigenvalue weighted by atomic mass is 19.1. The summed E-state index contributed by atoms with van der Waals surface area (Å²) in [5.41, 5.74) is 2.03. The average molecular weight is 417 g/mol. The summed E-state index contributed by atoms with van der Waals surface area (Å²) in [6.07, 6.45) is 0.148. The number of rotatable bonds is 5. The van der Waals surface area contributed by atoms with Crippen LogP contribution in [-0.2, 0) is 9.59 Å². The van der Waals surface area contributed by atoms with Gasteiger partial charge in [-0.3, -0.25) is 14.4 Å². The van der Waals surface area contributed by atoms with E-state index in [9.17, 15) is 18.8 Å². The first-order valence-corrected chi connectivity index (χ1v) is 9.83. The lowest BCUT2D eigenvalue weighted by molar-refractivity contribution is -0.122. The summed E-state index contributed by atoms with van der Waals surface area (Å²) in [4.78, 5) is 38.9. The molecule has 0 radical (unpaired) electrons. The van der Waals surface area contributed by atoms with Crippen molar-refractivity contribution in [3.8, 4) is 0 Å². The van der Waals surface area contributed by atoms with E-state index >= 15 is 0 Å². The second kappa shape index (κ2) is 8.79. The first-order chi connectivity index (χ1) is 15.0. The van der Waals surface area contributed by atoms with Gasteiger partial charge in [0.25, 0.3) is 5.91 Å². The predicted octanol–water partition coefficient (Wildman–Crippen LogP) is 4.07. The molecule has 3 amide bonds. The third kappa shape index (κ3) is 4.78. The normalized spacial score (nSPS) is 15.6. The fourth-order valence-electron chi connectivity index (χ4n) is 3.46. The minimum Gasteiger partial charge on any atom is -0.326 e. The Morgan fingerprint density at radius 3 is 2.32 bits per heavy atom. The Morgan fingerprint density at radius 2 is 1.61 bits per heavy atom. The number of para-hydroxylation sites is 1. The zero-order valence-corrected chi connectivity index (χ0v) is 16.5. The number of halogens is 1. The molecule has 1 aliphatic heterocycles. The van der Waals surface area contributed by atoms with Crippen molar-refractivity contribution in [2.75, 3.05) is 22.1 Å².